The molecule has 1 aromatic heterocycles. The molecule has 0 radical (unpaired) electrons. The van der Waals surface area contributed by atoms with Gasteiger partial charge in [-0.3, -0.25) is 4.68 Å². The number of nitrogens with zero attached hydrogens (tertiary/aromatic N) is 3. The lowest BCUT2D eigenvalue weighted by molar-refractivity contribution is 0.392. The molecule has 0 saturated heterocycles. The molecule has 0 aliphatic heterocycles. The van der Waals surface area contributed by atoms with Crippen LogP contribution in [0, 0.1) is 0 Å². The van der Waals surface area contributed by atoms with Gasteiger partial charge in [0, 0.05) is 23.4 Å². The third kappa shape index (κ3) is 5.66. The Kier molecular flexibility index (Phi) is 7.55. The van der Waals surface area contributed by atoms with E-state index in [4.69, 9.17) is 19.3 Å². The molecule has 186 valence electrons. The van der Waals surface area contributed by atoms with Crippen molar-refractivity contribution in [3.63, 3.8) is 0 Å². The quantitative estimate of drug-likeness (QED) is 0.258. The van der Waals surface area contributed by atoms with E-state index >= 15 is 0 Å². The van der Waals surface area contributed by atoms with Crippen molar-refractivity contribution >= 4 is 16.2 Å². The van der Waals surface area contributed by atoms with Crippen molar-refractivity contribution in [3.8, 4) is 28.5 Å². The third-order valence-electron chi connectivity index (χ3n) is 5.38. The summed E-state index contributed by atoms with van der Waals surface area (Å²) in [6, 6.07) is 21.9. The first kappa shape index (κ1) is 24.8. The maximum absolute atomic E-state index is 12.9. The molecule has 0 atom stereocenters. The number of ether oxygens (including phenoxy) is 3. The fraction of sp³-hybridized carbons (Fsp3) is 0.154. The molecule has 0 spiro atoms. The lowest BCUT2D eigenvalue weighted by atomic mass is 10.1. The molecule has 36 heavy (non-hydrogen) atoms. The van der Waals surface area contributed by atoms with Gasteiger partial charge < -0.3 is 14.2 Å². The molecular weight excluding hydrogens is 480 g/mol. The van der Waals surface area contributed by atoms with Crippen LogP contribution in [0.1, 0.15) is 11.1 Å². The van der Waals surface area contributed by atoms with Crippen LogP contribution < -0.4 is 19.0 Å². The van der Waals surface area contributed by atoms with Crippen molar-refractivity contribution < 1.29 is 22.6 Å². The van der Waals surface area contributed by atoms with E-state index in [1.165, 1.54) is 32.6 Å². The smallest absolute Gasteiger partial charge is 0.280 e. The SMILES string of the molecule is COc1ccc(-c2nn(Cc3ccccc3)cc2/C=N\NS(=O)(=O)c2cc(OC)ccc2OC)cc1. The molecule has 0 aliphatic rings. The normalized spacial score (nSPS) is 11.4. The second kappa shape index (κ2) is 11.0. The van der Waals surface area contributed by atoms with Gasteiger partial charge in [0.15, 0.2) is 0 Å². The first-order chi connectivity index (χ1) is 17.4. The summed E-state index contributed by atoms with van der Waals surface area (Å²) in [5, 5.41) is 8.75. The standard InChI is InChI=1S/C26H26N4O5S/c1-33-22-11-9-20(10-12-22)26-21(18-30(28-26)17-19-7-5-4-6-8-19)16-27-29-36(31,32)25-15-23(34-2)13-14-24(25)35-3/h4-16,18,29H,17H2,1-3H3/b27-16-. The summed E-state index contributed by atoms with van der Waals surface area (Å²) in [6.45, 7) is 0.546. The van der Waals surface area contributed by atoms with Gasteiger partial charge in [0.1, 0.15) is 27.8 Å². The first-order valence-corrected chi connectivity index (χ1v) is 12.4. The molecule has 0 aliphatic carbocycles. The molecule has 0 fully saturated rings. The molecule has 3 aromatic carbocycles. The molecule has 0 amide bonds. The fourth-order valence-corrected chi connectivity index (χ4v) is 4.54. The number of methoxy groups -OCH3 is 3. The average Bonchev–Trinajstić information content (AvgIpc) is 3.30. The summed E-state index contributed by atoms with van der Waals surface area (Å²) >= 11 is 0. The number of aromatic nitrogens is 2. The van der Waals surface area contributed by atoms with Gasteiger partial charge in [-0.05, 0) is 42.0 Å². The van der Waals surface area contributed by atoms with Crippen LogP contribution in [0.4, 0.5) is 0 Å². The summed E-state index contributed by atoms with van der Waals surface area (Å²) in [6.07, 6.45) is 3.24. The van der Waals surface area contributed by atoms with E-state index in [1.54, 1.807) is 17.9 Å². The first-order valence-electron chi connectivity index (χ1n) is 11.0. The topological polar surface area (TPSA) is 104 Å². The molecule has 0 bridgehead atoms. The summed E-state index contributed by atoms with van der Waals surface area (Å²) in [5.41, 5.74) is 3.20. The molecule has 4 rings (SSSR count). The van der Waals surface area contributed by atoms with Crippen molar-refractivity contribution in [2.45, 2.75) is 11.4 Å². The van der Waals surface area contributed by atoms with Crippen LogP contribution >= 0.6 is 0 Å². The molecule has 4 aromatic rings. The fourth-order valence-electron chi connectivity index (χ4n) is 3.56. The summed E-state index contributed by atoms with van der Waals surface area (Å²) in [7, 11) is 0.423. The van der Waals surface area contributed by atoms with E-state index in [1.807, 2.05) is 60.8 Å². The highest BCUT2D eigenvalue weighted by Crippen LogP contribution is 2.28. The monoisotopic (exact) mass is 506 g/mol. The second-order valence-electron chi connectivity index (χ2n) is 7.71. The number of hydrogen-bond acceptors (Lipinski definition) is 7. The van der Waals surface area contributed by atoms with Crippen LogP contribution in [0.3, 0.4) is 0 Å². The summed E-state index contributed by atoms with van der Waals surface area (Å²) < 4.78 is 43.3. The average molecular weight is 507 g/mol. The van der Waals surface area contributed by atoms with Gasteiger partial charge in [-0.15, -0.1) is 0 Å². The predicted molar refractivity (Wildman–Crippen MR) is 137 cm³/mol. The molecular formula is C26H26N4O5S. The van der Waals surface area contributed by atoms with Gasteiger partial charge in [0.05, 0.1) is 34.1 Å². The highest BCUT2D eigenvalue weighted by atomic mass is 32.2. The Bertz CT molecular complexity index is 1450. The van der Waals surface area contributed by atoms with E-state index in [-0.39, 0.29) is 10.6 Å². The van der Waals surface area contributed by atoms with E-state index in [0.717, 1.165) is 16.9 Å². The number of sulfonamides is 1. The van der Waals surface area contributed by atoms with E-state index < -0.39 is 10.0 Å². The van der Waals surface area contributed by atoms with Crippen LogP contribution in [0.2, 0.25) is 0 Å². The van der Waals surface area contributed by atoms with Gasteiger partial charge in [-0.25, -0.2) is 0 Å². The Labute approximate surface area is 210 Å². The van der Waals surface area contributed by atoms with Gasteiger partial charge in [-0.2, -0.15) is 23.4 Å². The highest BCUT2D eigenvalue weighted by molar-refractivity contribution is 7.89. The Morgan fingerprint density at radius 3 is 2.28 bits per heavy atom. The molecule has 9 nitrogen and oxygen atoms in total. The van der Waals surface area contributed by atoms with Crippen LogP contribution in [0.15, 0.2) is 89.0 Å². The largest absolute Gasteiger partial charge is 0.497 e. The molecule has 0 unspecified atom stereocenters. The second-order valence-corrected chi connectivity index (χ2v) is 9.34. The zero-order chi connectivity index (χ0) is 25.5. The minimum absolute atomic E-state index is 0.0864. The lowest BCUT2D eigenvalue weighted by Gasteiger charge is -2.10. The minimum Gasteiger partial charge on any atom is -0.497 e. The van der Waals surface area contributed by atoms with Crippen molar-refractivity contribution in [1.82, 2.24) is 14.6 Å². The summed E-state index contributed by atoms with van der Waals surface area (Å²) in [5.74, 6) is 1.27. The van der Waals surface area contributed by atoms with Crippen LogP contribution in [-0.4, -0.2) is 45.7 Å². The molecule has 1 N–H and O–H groups in total. The van der Waals surface area contributed by atoms with E-state index in [0.29, 0.717) is 23.6 Å². The van der Waals surface area contributed by atoms with Crippen molar-refractivity contribution in [2.75, 3.05) is 21.3 Å². The Morgan fingerprint density at radius 2 is 1.61 bits per heavy atom. The lowest BCUT2D eigenvalue weighted by Crippen LogP contribution is -2.19. The van der Waals surface area contributed by atoms with Crippen LogP contribution in [0.25, 0.3) is 11.3 Å². The molecule has 10 heteroatoms. The minimum atomic E-state index is -4.03. The van der Waals surface area contributed by atoms with Crippen molar-refractivity contribution in [2.24, 2.45) is 5.10 Å². The van der Waals surface area contributed by atoms with E-state index in [9.17, 15) is 8.42 Å². The highest BCUT2D eigenvalue weighted by Gasteiger charge is 2.20. The Hall–Kier alpha value is -4.31. The molecule has 1 heterocycles. The predicted octanol–water partition coefficient (Wildman–Crippen LogP) is 3.94. The van der Waals surface area contributed by atoms with Gasteiger partial charge in [0.25, 0.3) is 10.0 Å². The van der Waals surface area contributed by atoms with Crippen molar-refractivity contribution in [1.29, 1.82) is 0 Å². The molecule has 0 saturated carbocycles. The summed E-state index contributed by atoms with van der Waals surface area (Å²) in [4.78, 5) is 2.17. The van der Waals surface area contributed by atoms with Crippen LogP contribution in [0.5, 0.6) is 17.2 Å². The Morgan fingerprint density at radius 1 is 0.917 bits per heavy atom. The third-order valence-corrected chi connectivity index (χ3v) is 6.62. The number of rotatable bonds is 10. The van der Waals surface area contributed by atoms with Crippen molar-refractivity contribution in [3.05, 3.63) is 90.1 Å². The number of hydrogen-bond donors (Lipinski definition) is 1. The number of hydrazone groups is 1. The zero-order valence-corrected chi connectivity index (χ0v) is 20.9. The van der Waals surface area contributed by atoms with Gasteiger partial charge in [-0.1, -0.05) is 30.3 Å². The maximum atomic E-state index is 12.9. The van der Waals surface area contributed by atoms with Crippen LogP contribution in [-0.2, 0) is 16.6 Å². The van der Waals surface area contributed by atoms with E-state index in [2.05, 4.69) is 9.93 Å². The maximum Gasteiger partial charge on any atom is 0.280 e. The number of benzene rings is 3. The number of nitrogens with one attached hydrogen (secondary N) is 1. The van der Waals surface area contributed by atoms with Gasteiger partial charge >= 0.3 is 0 Å². The Balaban J connectivity index is 1.65. The van der Waals surface area contributed by atoms with Gasteiger partial charge in [0.2, 0.25) is 0 Å². The zero-order valence-electron chi connectivity index (χ0n) is 20.1.